The minimum absolute atomic E-state index is 0.0717. The molecule has 3 N–H and O–H groups in total. The van der Waals surface area contributed by atoms with Crippen LogP contribution in [0.25, 0.3) is 0 Å². The highest BCUT2D eigenvalue weighted by Gasteiger charge is 2.37. The van der Waals surface area contributed by atoms with Crippen LogP contribution in [-0.2, 0) is 9.53 Å². The highest BCUT2D eigenvalue weighted by molar-refractivity contribution is 5.82. The second kappa shape index (κ2) is 7.27. The van der Waals surface area contributed by atoms with Crippen molar-refractivity contribution in [2.24, 2.45) is 0 Å². The highest BCUT2D eigenvalue weighted by Crippen LogP contribution is 2.32. The Labute approximate surface area is 144 Å². The number of ether oxygens (including phenoxy) is 1. The summed E-state index contributed by atoms with van der Waals surface area (Å²) in [6.07, 6.45) is 3.11. The molecule has 0 radical (unpaired) electrons. The predicted octanol–water partition coefficient (Wildman–Crippen LogP) is 1.01. The van der Waals surface area contributed by atoms with E-state index >= 15 is 0 Å². The molecular formula is C17H31N3O4. The van der Waals surface area contributed by atoms with E-state index in [1.54, 1.807) is 20.8 Å². The van der Waals surface area contributed by atoms with Crippen molar-refractivity contribution in [2.45, 2.75) is 76.7 Å². The summed E-state index contributed by atoms with van der Waals surface area (Å²) in [6, 6.07) is 0.652. The Morgan fingerprint density at radius 3 is 2.38 bits per heavy atom. The van der Waals surface area contributed by atoms with Crippen LogP contribution in [0.15, 0.2) is 0 Å². The molecule has 0 aromatic carbocycles. The second-order valence-electron chi connectivity index (χ2n) is 8.30. The average Bonchev–Trinajstić information content (AvgIpc) is 2.39. The van der Waals surface area contributed by atoms with Gasteiger partial charge in [-0.15, -0.1) is 0 Å². The quantitative estimate of drug-likeness (QED) is 0.710. The van der Waals surface area contributed by atoms with E-state index in [9.17, 15) is 14.7 Å². The fourth-order valence-corrected chi connectivity index (χ4v) is 3.24. The Morgan fingerprint density at radius 2 is 1.83 bits per heavy atom. The molecule has 0 spiro atoms. The lowest BCUT2D eigenvalue weighted by Crippen LogP contribution is -2.63. The smallest absolute Gasteiger partial charge is 0.408 e. The van der Waals surface area contributed by atoms with Crippen LogP contribution < -0.4 is 10.6 Å². The summed E-state index contributed by atoms with van der Waals surface area (Å²) in [5.74, 6) is -0.197. The zero-order valence-electron chi connectivity index (χ0n) is 15.2. The summed E-state index contributed by atoms with van der Waals surface area (Å²) in [7, 11) is 0. The number of alkyl carbamates (subject to hydrolysis) is 1. The number of amides is 2. The van der Waals surface area contributed by atoms with Gasteiger partial charge in [0.25, 0.3) is 0 Å². The monoisotopic (exact) mass is 341 g/mol. The Morgan fingerprint density at radius 1 is 1.25 bits per heavy atom. The van der Waals surface area contributed by atoms with Crippen LogP contribution >= 0.6 is 0 Å². The molecule has 138 valence electrons. The number of rotatable bonds is 4. The fraction of sp³-hybridized carbons (Fsp3) is 0.882. The average molecular weight is 341 g/mol. The van der Waals surface area contributed by atoms with E-state index in [4.69, 9.17) is 4.74 Å². The van der Waals surface area contributed by atoms with Crippen LogP contribution in [-0.4, -0.2) is 64.9 Å². The van der Waals surface area contributed by atoms with Gasteiger partial charge in [0.1, 0.15) is 12.1 Å². The van der Waals surface area contributed by atoms with Gasteiger partial charge in [-0.3, -0.25) is 9.69 Å². The molecule has 1 aliphatic carbocycles. The Bertz CT molecular complexity index is 457. The van der Waals surface area contributed by atoms with Gasteiger partial charge in [0.05, 0.1) is 11.6 Å². The lowest BCUT2D eigenvalue weighted by atomic mass is 9.82. The molecule has 7 heteroatoms. The fourth-order valence-electron chi connectivity index (χ4n) is 3.24. The van der Waals surface area contributed by atoms with Crippen LogP contribution in [0.2, 0.25) is 0 Å². The van der Waals surface area contributed by atoms with Crippen molar-refractivity contribution >= 4 is 12.0 Å². The van der Waals surface area contributed by atoms with E-state index in [-0.39, 0.29) is 18.5 Å². The third-order valence-electron chi connectivity index (χ3n) is 4.62. The van der Waals surface area contributed by atoms with Crippen LogP contribution in [0.1, 0.15) is 53.4 Å². The van der Waals surface area contributed by atoms with Gasteiger partial charge < -0.3 is 20.5 Å². The summed E-state index contributed by atoms with van der Waals surface area (Å²) in [6.45, 7) is 8.84. The van der Waals surface area contributed by atoms with Gasteiger partial charge >= 0.3 is 6.09 Å². The van der Waals surface area contributed by atoms with Crippen molar-refractivity contribution in [1.29, 1.82) is 0 Å². The number of nitrogens with one attached hydrogen (secondary N) is 2. The van der Waals surface area contributed by atoms with Crippen LogP contribution in [0.5, 0.6) is 0 Å². The number of hydrogen-bond acceptors (Lipinski definition) is 5. The van der Waals surface area contributed by atoms with Gasteiger partial charge in [-0.25, -0.2) is 4.79 Å². The molecule has 0 unspecified atom stereocenters. The zero-order valence-corrected chi connectivity index (χ0v) is 15.2. The number of carbonyl (C=O) groups is 2. The van der Waals surface area contributed by atoms with E-state index in [0.29, 0.717) is 6.04 Å². The molecule has 0 atom stereocenters. The molecule has 0 aromatic rings. The standard InChI is InChI=1S/C17H31N3O4/c1-16(2,3)24-15(22)18-9-14(21)19-12-10-20(11-12)13-5-7-17(4,23)8-6-13/h12-13,23H,5-11H2,1-4H3,(H,18,22)(H,19,21). The van der Waals surface area contributed by atoms with Crippen LogP contribution in [0, 0.1) is 0 Å². The minimum atomic E-state index is -0.581. The SMILES string of the molecule is CC1(O)CCC(N2CC(NC(=O)CNC(=O)OC(C)(C)C)C2)CC1. The van der Waals surface area contributed by atoms with Gasteiger partial charge in [0, 0.05) is 19.1 Å². The van der Waals surface area contributed by atoms with Crippen molar-refractivity contribution in [3.63, 3.8) is 0 Å². The first-order valence-electron chi connectivity index (χ1n) is 8.77. The summed E-state index contributed by atoms with van der Waals surface area (Å²) >= 11 is 0. The maximum atomic E-state index is 11.9. The van der Waals surface area contributed by atoms with Gasteiger partial charge in [-0.05, 0) is 53.4 Å². The van der Waals surface area contributed by atoms with Gasteiger partial charge in [-0.1, -0.05) is 0 Å². The van der Waals surface area contributed by atoms with Crippen LogP contribution in [0.3, 0.4) is 0 Å². The van der Waals surface area contributed by atoms with Crippen molar-refractivity contribution in [2.75, 3.05) is 19.6 Å². The van der Waals surface area contributed by atoms with E-state index in [1.807, 2.05) is 6.92 Å². The molecule has 24 heavy (non-hydrogen) atoms. The van der Waals surface area contributed by atoms with E-state index in [2.05, 4.69) is 15.5 Å². The molecule has 1 aliphatic heterocycles. The number of aliphatic hydroxyl groups is 1. The molecule has 0 aromatic heterocycles. The Kier molecular flexibility index (Phi) is 5.75. The predicted molar refractivity (Wildman–Crippen MR) is 90.6 cm³/mol. The largest absolute Gasteiger partial charge is 0.444 e. The minimum Gasteiger partial charge on any atom is -0.444 e. The lowest BCUT2D eigenvalue weighted by Gasteiger charge is -2.47. The number of carbonyl (C=O) groups excluding carboxylic acids is 2. The summed E-state index contributed by atoms with van der Waals surface area (Å²) in [5, 5.41) is 15.4. The number of likely N-dealkylation sites (tertiary alicyclic amines) is 1. The second-order valence-corrected chi connectivity index (χ2v) is 8.30. The van der Waals surface area contributed by atoms with E-state index in [0.717, 1.165) is 38.8 Å². The molecule has 2 aliphatic rings. The molecule has 1 saturated heterocycles. The summed E-state index contributed by atoms with van der Waals surface area (Å²) < 4.78 is 5.09. The van der Waals surface area contributed by atoms with E-state index in [1.165, 1.54) is 0 Å². The zero-order chi connectivity index (χ0) is 18.0. The lowest BCUT2D eigenvalue weighted by molar-refractivity contribution is -0.122. The number of hydrogen-bond donors (Lipinski definition) is 3. The van der Waals surface area contributed by atoms with E-state index < -0.39 is 17.3 Å². The third-order valence-corrected chi connectivity index (χ3v) is 4.62. The molecule has 7 nitrogen and oxygen atoms in total. The molecular weight excluding hydrogens is 310 g/mol. The number of nitrogens with zero attached hydrogens (tertiary/aromatic N) is 1. The molecule has 1 saturated carbocycles. The van der Waals surface area contributed by atoms with Gasteiger partial charge in [0.15, 0.2) is 0 Å². The Hall–Kier alpha value is -1.34. The van der Waals surface area contributed by atoms with Crippen molar-refractivity contribution in [3.8, 4) is 0 Å². The molecule has 0 bridgehead atoms. The molecule has 2 rings (SSSR count). The Balaban J connectivity index is 1.60. The van der Waals surface area contributed by atoms with Crippen molar-refractivity contribution < 1.29 is 19.4 Å². The highest BCUT2D eigenvalue weighted by atomic mass is 16.6. The maximum absolute atomic E-state index is 11.9. The van der Waals surface area contributed by atoms with Gasteiger partial charge in [-0.2, -0.15) is 0 Å². The van der Waals surface area contributed by atoms with Crippen molar-refractivity contribution in [1.82, 2.24) is 15.5 Å². The first-order valence-corrected chi connectivity index (χ1v) is 8.77. The summed E-state index contributed by atoms with van der Waals surface area (Å²) in [5.41, 5.74) is -1.08. The topological polar surface area (TPSA) is 90.9 Å². The summed E-state index contributed by atoms with van der Waals surface area (Å²) in [4.78, 5) is 25.7. The molecule has 1 heterocycles. The third kappa shape index (κ3) is 5.94. The normalized spacial score (nSPS) is 28.8. The van der Waals surface area contributed by atoms with Gasteiger partial charge in [0.2, 0.25) is 5.91 Å². The van der Waals surface area contributed by atoms with Crippen molar-refractivity contribution in [3.05, 3.63) is 0 Å². The molecule has 2 amide bonds. The van der Waals surface area contributed by atoms with Crippen LogP contribution in [0.4, 0.5) is 4.79 Å². The first kappa shape index (κ1) is 19.0. The maximum Gasteiger partial charge on any atom is 0.408 e. The molecule has 2 fully saturated rings. The first-order chi connectivity index (χ1) is 11.0.